The van der Waals surface area contributed by atoms with Crippen LogP contribution in [0.1, 0.15) is 13.8 Å². The zero-order chi connectivity index (χ0) is 9.97. The number of ether oxygens (including phenoxy) is 1. The van der Waals surface area contributed by atoms with E-state index >= 15 is 0 Å². The van der Waals surface area contributed by atoms with Crippen molar-refractivity contribution >= 4 is 0 Å². The van der Waals surface area contributed by atoms with Crippen molar-refractivity contribution in [2.75, 3.05) is 13.1 Å². The van der Waals surface area contributed by atoms with Crippen LogP contribution in [0.2, 0.25) is 0 Å². The Labute approximate surface area is 84.7 Å². The van der Waals surface area contributed by atoms with Crippen molar-refractivity contribution in [3.8, 4) is 5.75 Å². The highest BCUT2D eigenvalue weighted by Crippen LogP contribution is 2.18. The highest BCUT2D eigenvalue weighted by Gasteiger charge is 2.29. The van der Waals surface area contributed by atoms with Crippen molar-refractivity contribution in [1.29, 1.82) is 0 Å². The normalized spacial score (nSPS) is 18.2. The molecule has 3 nitrogen and oxygen atoms in total. The number of likely N-dealkylation sites (tertiary alicyclic amines) is 1. The van der Waals surface area contributed by atoms with Crippen LogP contribution in [0, 0.1) is 0 Å². The summed E-state index contributed by atoms with van der Waals surface area (Å²) in [4.78, 5) is 6.40. The van der Waals surface area contributed by atoms with Gasteiger partial charge in [0.15, 0.2) is 0 Å². The predicted octanol–water partition coefficient (Wildman–Crippen LogP) is 1.55. The van der Waals surface area contributed by atoms with Crippen LogP contribution in [0.5, 0.6) is 5.75 Å². The van der Waals surface area contributed by atoms with E-state index < -0.39 is 0 Å². The first-order valence-electron chi connectivity index (χ1n) is 5.06. The highest BCUT2D eigenvalue weighted by atomic mass is 16.5. The van der Waals surface area contributed by atoms with Crippen molar-refractivity contribution in [2.24, 2.45) is 0 Å². The first kappa shape index (κ1) is 9.46. The quantitative estimate of drug-likeness (QED) is 0.726. The molecule has 1 aromatic rings. The Hall–Kier alpha value is -1.09. The largest absolute Gasteiger partial charge is 0.486 e. The monoisotopic (exact) mass is 192 g/mol. The van der Waals surface area contributed by atoms with Gasteiger partial charge < -0.3 is 4.74 Å². The van der Waals surface area contributed by atoms with E-state index in [0.717, 1.165) is 18.8 Å². The molecule has 0 spiro atoms. The van der Waals surface area contributed by atoms with E-state index in [1.54, 1.807) is 12.4 Å². The van der Waals surface area contributed by atoms with Crippen LogP contribution in [0.25, 0.3) is 0 Å². The molecule has 1 fully saturated rings. The maximum Gasteiger partial charge on any atom is 0.138 e. The van der Waals surface area contributed by atoms with Gasteiger partial charge in [-0.3, -0.25) is 9.88 Å². The maximum absolute atomic E-state index is 5.73. The summed E-state index contributed by atoms with van der Waals surface area (Å²) in [6.07, 6.45) is 3.87. The van der Waals surface area contributed by atoms with E-state index in [-0.39, 0.29) is 0 Å². The summed E-state index contributed by atoms with van der Waals surface area (Å²) in [5.41, 5.74) is 0. The zero-order valence-corrected chi connectivity index (χ0v) is 8.68. The molecule has 0 N–H and O–H groups in total. The molecule has 2 heterocycles. The van der Waals surface area contributed by atoms with Gasteiger partial charge in [0.1, 0.15) is 11.9 Å². The van der Waals surface area contributed by atoms with Crippen LogP contribution in [-0.4, -0.2) is 35.1 Å². The number of nitrogens with zero attached hydrogens (tertiary/aromatic N) is 2. The van der Waals surface area contributed by atoms with Crippen molar-refractivity contribution < 1.29 is 4.74 Å². The Balaban J connectivity index is 1.80. The third-order valence-electron chi connectivity index (χ3n) is 2.54. The lowest BCUT2D eigenvalue weighted by Gasteiger charge is -2.41. The fourth-order valence-corrected chi connectivity index (χ4v) is 1.58. The van der Waals surface area contributed by atoms with E-state index in [1.165, 1.54) is 0 Å². The Kier molecular flexibility index (Phi) is 2.68. The van der Waals surface area contributed by atoms with Gasteiger partial charge in [-0.15, -0.1) is 0 Å². The fraction of sp³-hybridized carbons (Fsp3) is 0.545. The average molecular weight is 192 g/mol. The molecule has 0 bridgehead atoms. The smallest absolute Gasteiger partial charge is 0.138 e. The molecule has 1 aliphatic heterocycles. The van der Waals surface area contributed by atoms with Gasteiger partial charge in [-0.25, -0.2) is 0 Å². The second kappa shape index (κ2) is 3.96. The average Bonchev–Trinajstić information content (AvgIpc) is 2.12. The van der Waals surface area contributed by atoms with Gasteiger partial charge in [-0.05, 0) is 26.0 Å². The SMILES string of the molecule is CC(C)N1CC(Oc2cccnc2)C1. The molecule has 0 saturated carbocycles. The van der Waals surface area contributed by atoms with Gasteiger partial charge in [-0.1, -0.05) is 0 Å². The first-order chi connectivity index (χ1) is 6.75. The van der Waals surface area contributed by atoms with Gasteiger partial charge in [0.05, 0.1) is 6.20 Å². The van der Waals surface area contributed by atoms with Crippen LogP contribution < -0.4 is 4.74 Å². The maximum atomic E-state index is 5.73. The number of pyridine rings is 1. The van der Waals surface area contributed by atoms with Crippen molar-refractivity contribution in [1.82, 2.24) is 9.88 Å². The summed E-state index contributed by atoms with van der Waals surface area (Å²) in [6.45, 7) is 6.49. The number of aromatic nitrogens is 1. The van der Waals surface area contributed by atoms with E-state index in [0.29, 0.717) is 12.1 Å². The van der Waals surface area contributed by atoms with Crippen molar-refractivity contribution in [3.63, 3.8) is 0 Å². The van der Waals surface area contributed by atoms with Gasteiger partial charge in [-0.2, -0.15) is 0 Å². The number of hydrogen-bond acceptors (Lipinski definition) is 3. The van der Waals surface area contributed by atoms with Crippen LogP contribution in [0.3, 0.4) is 0 Å². The van der Waals surface area contributed by atoms with Crippen LogP contribution in [-0.2, 0) is 0 Å². The Morgan fingerprint density at radius 2 is 2.29 bits per heavy atom. The van der Waals surface area contributed by atoms with Crippen LogP contribution >= 0.6 is 0 Å². The van der Waals surface area contributed by atoms with Crippen molar-refractivity contribution in [3.05, 3.63) is 24.5 Å². The van der Waals surface area contributed by atoms with E-state index in [1.807, 2.05) is 12.1 Å². The van der Waals surface area contributed by atoms with Gasteiger partial charge in [0.25, 0.3) is 0 Å². The molecular formula is C11H16N2O. The minimum Gasteiger partial charge on any atom is -0.486 e. The highest BCUT2D eigenvalue weighted by molar-refractivity contribution is 5.16. The topological polar surface area (TPSA) is 25.4 Å². The van der Waals surface area contributed by atoms with Crippen LogP contribution in [0.15, 0.2) is 24.5 Å². The molecule has 1 saturated heterocycles. The molecule has 76 valence electrons. The van der Waals surface area contributed by atoms with E-state index in [9.17, 15) is 0 Å². The van der Waals surface area contributed by atoms with E-state index in [4.69, 9.17) is 4.74 Å². The van der Waals surface area contributed by atoms with Crippen molar-refractivity contribution in [2.45, 2.75) is 26.0 Å². The molecule has 14 heavy (non-hydrogen) atoms. The molecule has 0 aromatic carbocycles. The zero-order valence-electron chi connectivity index (χ0n) is 8.68. The third-order valence-corrected chi connectivity index (χ3v) is 2.54. The Morgan fingerprint density at radius 3 is 2.86 bits per heavy atom. The first-order valence-corrected chi connectivity index (χ1v) is 5.06. The Morgan fingerprint density at radius 1 is 1.50 bits per heavy atom. The molecule has 1 aliphatic rings. The van der Waals surface area contributed by atoms with Gasteiger partial charge in [0.2, 0.25) is 0 Å². The summed E-state index contributed by atoms with van der Waals surface area (Å²) < 4.78 is 5.73. The Bertz CT molecular complexity index is 281. The minimum absolute atomic E-state index is 0.349. The lowest BCUT2D eigenvalue weighted by atomic mass is 10.1. The third kappa shape index (κ3) is 2.04. The molecule has 0 aliphatic carbocycles. The molecule has 3 heteroatoms. The standard InChI is InChI=1S/C11H16N2O/c1-9(2)13-7-11(8-13)14-10-4-3-5-12-6-10/h3-6,9,11H,7-8H2,1-2H3. The summed E-state index contributed by atoms with van der Waals surface area (Å²) >= 11 is 0. The minimum atomic E-state index is 0.349. The lowest BCUT2D eigenvalue weighted by molar-refractivity contribution is -0.0000319. The second-order valence-electron chi connectivity index (χ2n) is 3.98. The predicted molar refractivity (Wildman–Crippen MR) is 55.4 cm³/mol. The van der Waals surface area contributed by atoms with Gasteiger partial charge >= 0.3 is 0 Å². The summed E-state index contributed by atoms with van der Waals surface area (Å²) in [7, 11) is 0. The molecule has 0 atom stereocenters. The molecular weight excluding hydrogens is 176 g/mol. The van der Waals surface area contributed by atoms with Crippen LogP contribution in [0.4, 0.5) is 0 Å². The summed E-state index contributed by atoms with van der Waals surface area (Å²) in [5, 5.41) is 0. The number of hydrogen-bond donors (Lipinski definition) is 0. The van der Waals surface area contributed by atoms with Gasteiger partial charge in [0, 0.05) is 25.3 Å². The molecule has 0 amide bonds. The second-order valence-corrected chi connectivity index (χ2v) is 3.98. The summed E-state index contributed by atoms with van der Waals surface area (Å²) in [6, 6.07) is 4.47. The molecule has 2 rings (SSSR count). The fourth-order valence-electron chi connectivity index (χ4n) is 1.58. The molecule has 0 radical (unpaired) electrons. The summed E-state index contributed by atoms with van der Waals surface area (Å²) in [5.74, 6) is 0.876. The molecule has 0 unspecified atom stereocenters. The lowest BCUT2D eigenvalue weighted by Crippen LogP contribution is -2.56. The molecule has 1 aromatic heterocycles. The number of rotatable bonds is 3. The van der Waals surface area contributed by atoms with E-state index in [2.05, 4.69) is 23.7 Å².